The van der Waals surface area contributed by atoms with Crippen LogP contribution in [0.15, 0.2) is 0 Å². The van der Waals surface area contributed by atoms with Crippen LogP contribution in [0, 0.1) is 16.7 Å². The highest BCUT2D eigenvalue weighted by atomic mass is 35.5. The Labute approximate surface area is 136 Å². The van der Waals surface area contributed by atoms with Crippen LogP contribution in [-0.2, 0) is 0 Å². The van der Waals surface area contributed by atoms with Gasteiger partial charge in [-0.25, -0.2) is 0 Å². The molecular formula is C10H11Cl7. The van der Waals surface area contributed by atoms with Gasteiger partial charge < -0.3 is 0 Å². The molecule has 0 unspecified atom stereocenters. The molecule has 0 heterocycles. The fraction of sp³-hybridized carbons (Fsp3) is 1.00. The minimum Gasteiger partial charge on any atom is -0.126 e. The molecule has 2 bridgehead atoms. The molecule has 0 saturated heterocycles. The first-order valence-electron chi connectivity index (χ1n) is 5.18. The molecule has 0 aromatic rings. The third-order valence-corrected chi connectivity index (χ3v) is 8.24. The SMILES string of the molecule is ClCC1(CCl)[C@H]2CC(Cl)(Cl)[C@]1(CCl)[C@@H](Cl)[C@@H]2Cl. The number of rotatable bonds is 3. The maximum absolute atomic E-state index is 6.44. The highest BCUT2D eigenvalue weighted by Crippen LogP contribution is 2.76. The van der Waals surface area contributed by atoms with Gasteiger partial charge in [0, 0.05) is 28.5 Å². The number of fused-ring (bicyclic) bond motifs is 2. The second-order valence-corrected chi connectivity index (χ2v) is 8.15. The van der Waals surface area contributed by atoms with E-state index >= 15 is 0 Å². The molecule has 2 aliphatic rings. The van der Waals surface area contributed by atoms with Gasteiger partial charge in [0.25, 0.3) is 0 Å². The van der Waals surface area contributed by atoms with Gasteiger partial charge in [0.15, 0.2) is 0 Å². The van der Waals surface area contributed by atoms with Crippen molar-refractivity contribution in [2.45, 2.75) is 21.5 Å². The smallest absolute Gasteiger partial charge is 0.126 e. The van der Waals surface area contributed by atoms with E-state index in [1.54, 1.807) is 0 Å². The topological polar surface area (TPSA) is 0 Å². The van der Waals surface area contributed by atoms with Gasteiger partial charge in [-0.15, -0.1) is 81.2 Å². The van der Waals surface area contributed by atoms with E-state index in [9.17, 15) is 0 Å². The second kappa shape index (κ2) is 4.79. The van der Waals surface area contributed by atoms with E-state index < -0.39 is 20.5 Å². The summed E-state index contributed by atoms with van der Waals surface area (Å²) >= 11 is 44.1. The molecule has 2 saturated carbocycles. The van der Waals surface area contributed by atoms with Crippen molar-refractivity contribution in [1.29, 1.82) is 0 Å². The normalized spacial score (nSPS) is 46.4. The summed E-state index contributed by atoms with van der Waals surface area (Å²) in [6.07, 6.45) is 0.527. The zero-order valence-corrected chi connectivity index (χ0v) is 14.0. The summed E-state index contributed by atoms with van der Waals surface area (Å²) in [6.45, 7) is 0. The molecule has 100 valence electrons. The van der Waals surface area contributed by atoms with Crippen LogP contribution < -0.4 is 0 Å². The lowest BCUT2D eigenvalue weighted by molar-refractivity contribution is 0.160. The van der Waals surface area contributed by atoms with Gasteiger partial charge in [-0.1, -0.05) is 0 Å². The summed E-state index contributed by atoms with van der Waals surface area (Å²) in [5.41, 5.74) is -1.24. The van der Waals surface area contributed by atoms with Crippen molar-refractivity contribution < 1.29 is 0 Å². The summed E-state index contributed by atoms with van der Waals surface area (Å²) in [7, 11) is 0. The molecule has 0 N–H and O–H groups in total. The van der Waals surface area contributed by atoms with Crippen LogP contribution in [0.5, 0.6) is 0 Å². The molecule has 2 aliphatic carbocycles. The Balaban J connectivity index is 2.63. The van der Waals surface area contributed by atoms with E-state index in [4.69, 9.17) is 81.2 Å². The van der Waals surface area contributed by atoms with Crippen LogP contribution in [0.1, 0.15) is 6.42 Å². The largest absolute Gasteiger partial charge is 0.127 e. The number of hydrogen-bond acceptors (Lipinski definition) is 0. The molecular weight excluding hydrogens is 368 g/mol. The first-order valence-corrected chi connectivity index (χ1v) is 8.42. The van der Waals surface area contributed by atoms with Crippen LogP contribution in [0.4, 0.5) is 0 Å². The van der Waals surface area contributed by atoms with Crippen LogP contribution in [0.2, 0.25) is 0 Å². The standard InChI is InChI=1S/C10H11Cl7/c11-2-8(3-12)5-1-10(16,17)9(8,4-13)7(15)6(5)14/h5-7H,1-4H2/t5-,6+,7-,9+/m0/s1. The fourth-order valence-corrected chi connectivity index (χ4v) is 7.92. The van der Waals surface area contributed by atoms with E-state index in [1.807, 2.05) is 0 Å². The zero-order valence-electron chi connectivity index (χ0n) is 8.71. The zero-order chi connectivity index (χ0) is 13.1. The molecule has 2 rings (SSSR count). The first kappa shape index (κ1) is 15.4. The van der Waals surface area contributed by atoms with Crippen molar-refractivity contribution in [1.82, 2.24) is 0 Å². The Hall–Kier alpha value is 2.03. The average Bonchev–Trinajstić information content (AvgIpc) is 2.61. The van der Waals surface area contributed by atoms with E-state index in [-0.39, 0.29) is 17.2 Å². The van der Waals surface area contributed by atoms with Gasteiger partial charge >= 0.3 is 0 Å². The van der Waals surface area contributed by atoms with Crippen LogP contribution in [0.25, 0.3) is 0 Å². The highest BCUT2D eigenvalue weighted by Gasteiger charge is 2.79. The van der Waals surface area contributed by atoms with Gasteiger partial charge in [-0.3, -0.25) is 0 Å². The number of alkyl halides is 7. The number of halogens is 7. The predicted molar refractivity (Wildman–Crippen MR) is 78.9 cm³/mol. The molecule has 0 aromatic carbocycles. The van der Waals surface area contributed by atoms with E-state index in [1.165, 1.54) is 0 Å². The fourth-order valence-electron chi connectivity index (χ4n) is 3.50. The third kappa shape index (κ3) is 1.59. The van der Waals surface area contributed by atoms with Crippen molar-refractivity contribution in [3.8, 4) is 0 Å². The summed E-state index contributed by atoms with van der Waals surface area (Å²) in [5, 5.41) is -0.675. The van der Waals surface area contributed by atoms with E-state index in [2.05, 4.69) is 0 Å². The first-order chi connectivity index (χ1) is 7.84. The monoisotopic (exact) mass is 376 g/mol. The lowest BCUT2D eigenvalue weighted by Crippen LogP contribution is -2.54. The van der Waals surface area contributed by atoms with Crippen LogP contribution >= 0.6 is 81.2 Å². The molecule has 0 aliphatic heterocycles. The van der Waals surface area contributed by atoms with Crippen molar-refractivity contribution in [3.05, 3.63) is 0 Å². The van der Waals surface area contributed by atoms with Crippen molar-refractivity contribution >= 4 is 81.2 Å². The molecule has 4 atom stereocenters. The van der Waals surface area contributed by atoms with Crippen molar-refractivity contribution in [3.63, 3.8) is 0 Å². The lowest BCUT2D eigenvalue weighted by atomic mass is 9.70. The second-order valence-electron chi connectivity index (χ2n) is 4.89. The molecule has 0 nitrogen and oxygen atoms in total. The molecule has 0 radical (unpaired) electrons. The Bertz CT molecular complexity index is 314. The average molecular weight is 379 g/mol. The molecule has 0 aromatic heterocycles. The van der Waals surface area contributed by atoms with Crippen LogP contribution in [-0.4, -0.2) is 32.7 Å². The maximum atomic E-state index is 6.44. The third-order valence-electron chi connectivity index (χ3n) is 4.55. The lowest BCUT2D eigenvalue weighted by Gasteiger charge is -2.47. The summed E-state index contributed by atoms with van der Waals surface area (Å²) in [4.78, 5) is 0. The quantitative estimate of drug-likeness (QED) is 0.599. The molecule has 0 amide bonds. The molecule has 17 heavy (non-hydrogen) atoms. The van der Waals surface area contributed by atoms with Gasteiger partial charge in [0.2, 0.25) is 0 Å². The molecule has 2 fully saturated rings. The van der Waals surface area contributed by atoms with Gasteiger partial charge in [0.1, 0.15) is 4.33 Å². The minimum absolute atomic E-state index is 0.00424. The van der Waals surface area contributed by atoms with Gasteiger partial charge in [-0.05, 0) is 12.3 Å². The molecule has 7 heteroatoms. The number of hydrogen-bond donors (Lipinski definition) is 0. The summed E-state index contributed by atoms with van der Waals surface area (Å²) in [6, 6.07) is 0. The Kier molecular flexibility index (Phi) is 4.35. The van der Waals surface area contributed by atoms with Crippen molar-refractivity contribution in [2.24, 2.45) is 16.7 Å². The highest BCUT2D eigenvalue weighted by molar-refractivity contribution is 6.51. The Morgan fingerprint density at radius 2 is 1.47 bits per heavy atom. The maximum Gasteiger partial charge on any atom is 0.127 e. The van der Waals surface area contributed by atoms with Gasteiger partial charge in [-0.2, -0.15) is 0 Å². The predicted octanol–water partition coefficient (Wildman–Crippen LogP) is 5.10. The summed E-state index contributed by atoms with van der Waals surface area (Å²) < 4.78 is -1.03. The Morgan fingerprint density at radius 3 is 1.82 bits per heavy atom. The molecule has 0 spiro atoms. The van der Waals surface area contributed by atoms with Gasteiger partial charge in [0.05, 0.1) is 10.8 Å². The van der Waals surface area contributed by atoms with E-state index in [0.29, 0.717) is 18.2 Å². The van der Waals surface area contributed by atoms with Crippen LogP contribution in [0.3, 0.4) is 0 Å². The van der Waals surface area contributed by atoms with Crippen molar-refractivity contribution in [2.75, 3.05) is 17.6 Å². The van der Waals surface area contributed by atoms with E-state index in [0.717, 1.165) is 0 Å². The Morgan fingerprint density at radius 1 is 0.941 bits per heavy atom. The summed E-state index contributed by atoms with van der Waals surface area (Å²) in [5.74, 6) is 0.812. The minimum atomic E-state index is -1.03.